The van der Waals surface area contributed by atoms with Crippen LogP contribution in [-0.4, -0.2) is 30.0 Å². The van der Waals surface area contributed by atoms with Crippen molar-refractivity contribution in [3.8, 4) is 0 Å². The summed E-state index contributed by atoms with van der Waals surface area (Å²) in [5.74, 6) is 1.03. The Morgan fingerprint density at radius 3 is 2.31 bits per heavy atom. The lowest BCUT2D eigenvalue weighted by Crippen LogP contribution is -2.25. The van der Waals surface area contributed by atoms with Gasteiger partial charge in [-0.15, -0.1) is 0 Å². The molecule has 80 valence electrons. The van der Waals surface area contributed by atoms with Crippen LogP contribution in [0.5, 0.6) is 0 Å². The molecule has 0 aromatic carbocycles. The Hall–Kier alpha value is 0.350. The molecule has 1 saturated heterocycles. The van der Waals surface area contributed by atoms with Gasteiger partial charge in [0.2, 0.25) is 0 Å². The van der Waals surface area contributed by atoms with Gasteiger partial charge in [-0.2, -0.15) is 0 Å². The second kappa shape index (κ2) is 8.93. The first kappa shape index (κ1) is 13.4. The smallest absolute Gasteiger partial charge is 0.0319 e. The molecule has 2 nitrogen and oxygen atoms in total. The van der Waals surface area contributed by atoms with E-state index in [0.29, 0.717) is 0 Å². The lowest BCUT2D eigenvalue weighted by Gasteiger charge is -2.28. The zero-order valence-electron chi connectivity index (χ0n) is 9.00. The standard InChI is InChI=1S/C9H20NP.CH4O/c1-2-3-4-9-5-7-10(11)8-6-9;1-2/h9H,2-8,11H2,1H3;2H,1H3. The fraction of sp³-hybridized carbons (Fsp3) is 1.00. The van der Waals surface area contributed by atoms with Gasteiger partial charge in [-0.25, -0.2) is 0 Å². The number of unbranched alkanes of at least 4 members (excludes halogenated alkanes) is 1. The predicted octanol–water partition coefficient (Wildman–Crippen LogP) is 2.29. The molecule has 0 saturated carbocycles. The molecule has 3 heteroatoms. The van der Waals surface area contributed by atoms with Crippen molar-refractivity contribution in [1.29, 1.82) is 0 Å². The van der Waals surface area contributed by atoms with Crippen LogP contribution in [0, 0.1) is 5.92 Å². The minimum Gasteiger partial charge on any atom is -0.400 e. The van der Waals surface area contributed by atoms with Crippen molar-refractivity contribution < 1.29 is 5.11 Å². The third-order valence-electron chi connectivity index (χ3n) is 2.62. The van der Waals surface area contributed by atoms with Gasteiger partial charge < -0.3 is 5.11 Å². The van der Waals surface area contributed by atoms with Crippen LogP contribution < -0.4 is 0 Å². The lowest BCUT2D eigenvalue weighted by atomic mass is 9.93. The molecule has 1 rings (SSSR count). The fourth-order valence-corrected chi connectivity index (χ4v) is 2.03. The lowest BCUT2D eigenvalue weighted by molar-refractivity contribution is 0.274. The molecule has 0 aromatic rings. The Labute approximate surface area is 85.0 Å². The minimum absolute atomic E-state index is 1.00. The number of piperidine rings is 1. The molecule has 1 unspecified atom stereocenters. The van der Waals surface area contributed by atoms with E-state index in [-0.39, 0.29) is 0 Å². The van der Waals surface area contributed by atoms with Crippen molar-refractivity contribution >= 4 is 9.39 Å². The van der Waals surface area contributed by atoms with Gasteiger partial charge in [0.15, 0.2) is 0 Å². The highest BCUT2D eigenvalue weighted by atomic mass is 31.0. The summed E-state index contributed by atoms with van der Waals surface area (Å²) >= 11 is 0. The van der Waals surface area contributed by atoms with E-state index in [9.17, 15) is 0 Å². The van der Waals surface area contributed by atoms with E-state index >= 15 is 0 Å². The summed E-state index contributed by atoms with van der Waals surface area (Å²) in [7, 11) is 3.80. The van der Waals surface area contributed by atoms with Crippen LogP contribution >= 0.6 is 9.39 Å². The zero-order valence-corrected chi connectivity index (χ0v) is 10.2. The molecule has 1 heterocycles. The van der Waals surface area contributed by atoms with Crippen molar-refractivity contribution in [1.82, 2.24) is 4.67 Å². The third-order valence-corrected chi connectivity index (χ3v) is 3.13. The van der Waals surface area contributed by atoms with Gasteiger partial charge in [-0.1, -0.05) is 35.6 Å². The molecule has 0 spiro atoms. The maximum absolute atomic E-state index is 7.00. The van der Waals surface area contributed by atoms with Gasteiger partial charge in [0, 0.05) is 20.2 Å². The molecule has 1 aliphatic rings. The van der Waals surface area contributed by atoms with Crippen LogP contribution in [-0.2, 0) is 0 Å². The van der Waals surface area contributed by atoms with E-state index in [0.717, 1.165) is 13.0 Å². The van der Waals surface area contributed by atoms with Gasteiger partial charge in [0.1, 0.15) is 0 Å². The molecule has 1 atom stereocenters. The van der Waals surface area contributed by atoms with Gasteiger partial charge in [0.25, 0.3) is 0 Å². The van der Waals surface area contributed by atoms with Crippen molar-refractivity contribution in [2.24, 2.45) is 5.92 Å². The Kier molecular flexibility index (Phi) is 9.17. The normalized spacial score (nSPS) is 19.4. The van der Waals surface area contributed by atoms with Gasteiger partial charge >= 0.3 is 0 Å². The second-order valence-electron chi connectivity index (χ2n) is 3.62. The second-order valence-corrected chi connectivity index (χ2v) is 4.35. The Morgan fingerprint density at radius 1 is 1.31 bits per heavy atom. The van der Waals surface area contributed by atoms with Gasteiger partial charge in [-0.05, 0) is 18.8 Å². The van der Waals surface area contributed by atoms with Crippen LogP contribution in [0.2, 0.25) is 0 Å². The molecule has 0 amide bonds. The van der Waals surface area contributed by atoms with E-state index in [1.807, 2.05) is 0 Å². The summed E-state index contributed by atoms with van der Waals surface area (Å²) in [5, 5.41) is 7.00. The van der Waals surface area contributed by atoms with E-state index < -0.39 is 0 Å². The zero-order chi connectivity index (χ0) is 10.1. The molecule has 1 aliphatic heterocycles. The number of aliphatic hydroxyl groups is 1. The number of aliphatic hydroxyl groups excluding tert-OH is 1. The molecule has 1 fully saturated rings. The maximum Gasteiger partial charge on any atom is 0.0319 e. The summed E-state index contributed by atoms with van der Waals surface area (Å²) in [6.45, 7) is 4.86. The summed E-state index contributed by atoms with van der Waals surface area (Å²) in [6.07, 6.45) is 7.10. The first-order valence-corrected chi connectivity index (χ1v) is 5.79. The quantitative estimate of drug-likeness (QED) is 0.714. The summed E-state index contributed by atoms with van der Waals surface area (Å²) in [6, 6.07) is 0. The first-order chi connectivity index (χ1) is 6.33. The van der Waals surface area contributed by atoms with Crippen LogP contribution in [0.4, 0.5) is 0 Å². The molecule has 0 aliphatic carbocycles. The van der Waals surface area contributed by atoms with E-state index in [2.05, 4.69) is 21.0 Å². The first-order valence-electron chi connectivity index (χ1n) is 5.27. The monoisotopic (exact) mass is 205 g/mol. The average Bonchev–Trinajstić information content (AvgIpc) is 2.20. The average molecular weight is 205 g/mol. The van der Waals surface area contributed by atoms with Crippen molar-refractivity contribution in [2.45, 2.75) is 39.0 Å². The highest BCUT2D eigenvalue weighted by molar-refractivity contribution is 7.13. The van der Waals surface area contributed by atoms with E-state index in [4.69, 9.17) is 5.11 Å². The van der Waals surface area contributed by atoms with Crippen LogP contribution in [0.25, 0.3) is 0 Å². The van der Waals surface area contributed by atoms with Crippen molar-refractivity contribution in [3.63, 3.8) is 0 Å². The summed E-state index contributed by atoms with van der Waals surface area (Å²) in [5.41, 5.74) is 0. The van der Waals surface area contributed by atoms with Crippen LogP contribution in [0.3, 0.4) is 0 Å². The Morgan fingerprint density at radius 2 is 1.85 bits per heavy atom. The third kappa shape index (κ3) is 6.42. The number of hydrogen-bond acceptors (Lipinski definition) is 2. The molecule has 0 aromatic heterocycles. The van der Waals surface area contributed by atoms with Crippen LogP contribution in [0.15, 0.2) is 0 Å². The predicted molar refractivity (Wildman–Crippen MR) is 61.7 cm³/mol. The number of hydrogen-bond donors (Lipinski definition) is 1. The van der Waals surface area contributed by atoms with Gasteiger partial charge in [0.05, 0.1) is 0 Å². The number of nitrogens with zero attached hydrogens (tertiary/aromatic N) is 1. The van der Waals surface area contributed by atoms with E-state index in [1.54, 1.807) is 0 Å². The molecular weight excluding hydrogens is 181 g/mol. The Balaban J connectivity index is 0.000000671. The van der Waals surface area contributed by atoms with E-state index in [1.165, 1.54) is 45.2 Å². The minimum atomic E-state index is 1.00. The SMILES string of the molecule is CCCCC1CCN(P)CC1.CO. The molecular formula is C10H24NOP. The van der Waals surface area contributed by atoms with Gasteiger partial charge in [-0.3, -0.25) is 4.67 Å². The fourth-order valence-electron chi connectivity index (χ4n) is 1.73. The largest absolute Gasteiger partial charge is 0.400 e. The summed E-state index contributed by atoms with van der Waals surface area (Å²) in [4.78, 5) is 0. The molecule has 0 radical (unpaired) electrons. The highest BCUT2D eigenvalue weighted by Gasteiger charge is 2.15. The summed E-state index contributed by atoms with van der Waals surface area (Å²) < 4.78 is 2.36. The maximum atomic E-state index is 7.00. The molecule has 1 N–H and O–H groups in total. The van der Waals surface area contributed by atoms with Crippen molar-refractivity contribution in [2.75, 3.05) is 20.2 Å². The number of rotatable bonds is 3. The highest BCUT2D eigenvalue weighted by Crippen LogP contribution is 2.23. The topological polar surface area (TPSA) is 23.5 Å². The Bertz CT molecular complexity index is 100. The molecule has 0 bridgehead atoms. The van der Waals surface area contributed by atoms with Crippen molar-refractivity contribution in [3.05, 3.63) is 0 Å². The molecule has 13 heavy (non-hydrogen) atoms. The van der Waals surface area contributed by atoms with Crippen LogP contribution in [0.1, 0.15) is 39.0 Å².